The second-order valence-corrected chi connectivity index (χ2v) is 9.37. The number of carbonyl (C=O) groups is 2. The van der Waals surface area contributed by atoms with E-state index in [0.29, 0.717) is 6.54 Å². The molecule has 1 N–H and O–H groups in total. The van der Waals surface area contributed by atoms with Crippen LogP contribution in [0.2, 0.25) is 0 Å². The van der Waals surface area contributed by atoms with Gasteiger partial charge in [-0.1, -0.05) is 20.8 Å². The molecule has 1 aromatic carbocycles. The van der Waals surface area contributed by atoms with Crippen molar-refractivity contribution in [2.24, 2.45) is 16.7 Å². The SMILES string of the molecule is Cc1cc2ncn(C[C@H](O)CN3C(=O)[C@H]4CC[C@@](C)(C3=O)C4(C)C)c2cc1C. The molecule has 3 atom stereocenters. The lowest BCUT2D eigenvalue weighted by molar-refractivity contribution is -0.169. The summed E-state index contributed by atoms with van der Waals surface area (Å²) in [5, 5.41) is 10.7. The molecule has 1 saturated heterocycles. The molecule has 1 aromatic heterocycles. The van der Waals surface area contributed by atoms with Gasteiger partial charge >= 0.3 is 0 Å². The van der Waals surface area contributed by atoms with Crippen LogP contribution in [-0.2, 0) is 16.1 Å². The fraction of sp³-hybridized carbons (Fsp3) is 0.591. The van der Waals surface area contributed by atoms with E-state index in [2.05, 4.69) is 11.1 Å². The highest BCUT2D eigenvalue weighted by Gasteiger charge is 2.64. The van der Waals surface area contributed by atoms with Gasteiger partial charge in [0.25, 0.3) is 0 Å². The minimum atomic E-state index is -0.837. The van der Waals surface area contributed by atoms with Crippen molar-refractivity contribution in [1.82, 2.24) is 14.5 Å². The van der Waals surface area contributed by atoms with Crippen LogP contribution in [0.3, 0.4) is 0 Å². The molecule has 4 rings (SSSR count). The molecule has 0 radical (unpaired) electrons. The number of piperidine rings is 1. The van der Waals surface area contributed by atoms with E-state index in [4.69, 9.17) is 0 Å². The van der Waals surface area contributed by atoms with Gasteiger partial charge in [-0.3, -0.25) is 14.5 Å². The van der Waals surface area contributed by atoms with Crippen molar-refractivity contribution in [1.29, 1.82) is 0 Å². The molecule has 1 saturated carbocycles. The maximum Gasteiger partial charge on any atom is 0.235 e. The van der Waals surface area contributed by atoms with Gasteiger partial charge in [0.15, 0.2) is 0 Å². The third-order valence-corrected chi connectivity index (χ3v) is 7.54. The number of β-amino-alcohol motifs (C(OH)–C–C–N with tert-alkyl or cyclic N) is 1. The number of rotatable bonds is 4. The third-order valence-electron chi connectivity index (χ3n) is 7.54. The van der Waals surface area contributed by atoms with Gasteiger partial charge < -0.3 is 9.67 Å². The number of hydrogen-bond acceptors (Lipinski definition) is 4. The van der Waals surface area contributed by atoms with Gasteiger partial charge in [-0.25, -0.2) is 4.98 Å². The van der Waals surface area contributed by atoms with Gasteiger partial charge in [-0.05, 0) is 55.4 Å². The highest BCUT2D eigenvalue weighted by Crippen LogP contribution is 2.60. The van der Waals surface area contributed by atoms with E-state index in [1.807, 2.05) is 45.3 Å². The number of imidazole rings is 1. The molecule has 150 valence electrons. The molecule has 2 aliphatic rings. The third kappa shape index (κ3) is 2.54. The molecule has 2 fully saturated rings. The first-order chi connectivity index (χ1) is 13.1. The summed E-state index contributed by atoms with van der Waals surface area (Å²) in [7, 11) is 0. The molecule has 2 aromatic rings. The molecule has 0 unspecified atom stereocenters. The Balaban J connectivity index is 1.55. The van der Waals surface area contributed by atoms with Gasteiger partial charge in [0.2, 0.25) is 11.8 Å². The topological polar surface area (TPSA) is 75.4 Å². The van der Waals surface area contributed by atoms with Gasteiger partial charge in [-0.15, -0.1) is 0 Å². The maximum absolute atomic E-state index is 13.1. The molecule has 1 aliphatic carbocycles. The van der Waals surface area contributed by atoms with Crippen LogP contribution in [0.25, 0.3) is 11.0 Å². The monoisotopic (exact) mass is 383 g/mol. The molecule has 28 heavy (non-hydrogen) atoms. The van der Waals surface area contributed by atoms with Crippen molar-refractivity contribution in [3.05, 3.63) is 29.6 Å². The van der Waals surface area contributed by atoms with Crippen molar-refractivity contribution >= 4 is 22.8 Å². The molecule has 2 heterocycles. The number of likely N-dealkylation sites (tertiary alicyclic amines) is 1. The van der Waals surface area contributed by atoms with Crippen molar-refractivity contribution in [2.75, 3.05) is 6.54 Å². The van der Waals surface area contributed by atoms with Crippen molar-refractivity contribution < 1.29 is 14.7 Å². The molecular weight excluding hydrogens is 354 g/mol. The summed E-state index contributed by atoms with van der Waals surface area (Å²) >= 11 is 0. The summed E-state index contributed by atoms with van der Waals surface area (Å²) in [6.07, 6.45) is 2.34. The summed E-state index contributed by atoms with van der Waals surface area (Å²) in [6.45, 7) is 10.4. The van der Waals surface area contributed by atoms with E-state index in [0.717, 1.165) is 29.4 Å². The summed E-state index contributed by atoms with van der Waals surface area (Å²) in [5.74, 6) is -0.426. The van der Waals surface area contributed by atoms with Crippen molar-refractivity contribution in [3.63, 3.8) is 0 Å². The quantitative estimate of drug-likeness (QED) is 0.824. The highest BCUT2D eigenvalue weighted by atomic mass is 16.3. The average molecular weight is 383 g/mol. The lowest BCUT2D eigenvalue weighted by Crippen LogP contribution is -2.60. The first-order valence-corrected chi connectivity index (χ1v) is 10.0. The normalized spacial score (nSPS) is 27.6. The number of aliphatic hydroxyl groups is 1. The molecular formula is C22H29N3O3. The number of amides is 2. The Morgan fingerprint density at radius 3 is 2.57 bits per heavy atom. The van der Waals surface area contributed by atoms with E-state index >= 15 is 0 Å². The van der Waals surface area contributed by atoms with Crippen molar-refractivity contribution in [3.8, 4) is 0 Å². The van der Waals surface area contributed by atoms with Crippen molar-refractivity contribution in [2.45, 2.75) is 60.1 Å². The highest BCUT2D eigenvalue weighted by molar-refractivity contribution is 6.03. The van der Waals surface area contributed by atoms with Gasteiger partial charge in [-0.2, -0.15) is 0 Å². The zero-order chi connectivity index (χ0) is 20.4. The average Bonchev–Trinajstić information content (AvgIpc) is 3.07. The van der Waals surface area contributed by atoms with E-state index in [9.17, 15) is 14.7 Å². The molecule has 6 heteroatoms. The molecule has 2 amide bonds. The fourth-order valence-electron chi connectivity index (χ4n) is 5.03. The number of hydrogen-bond donors (Lipinski definition) is 1. The Kier molecular flexibility index (Phi) is 4.20. The number of nitrogens with zero attached hydrogens (tertiary/aromatic N) is 3. The minimum absolute atomic E-state index is 0.0321. The zero-order valence-corrected chi connectivity index (χ0v) is 17.3. The number of aliphatic hydroxyl groups excluding tert-OH is 1. The predicted octanol–water partition coefficient (Wildman–Crippen LogP) is 2.83. The second kappa shape index (κ2) is 6.14. The van der Waals surface area contributed by atoms with Crippen LogP contribution in [-0.4, -0.2) is 44.0 Å². The zero-order valence-electron chi connectivity index (χ0n) is 17.3. The van der Waals surface area contributed by atoms with Crippen LogP contribution in [0, 0.1) is 30.6 Å². The van der Waals surface area contributed by atoms with E-state index in [1.165, 1.54) is 10.5 Å². The minimum Gasteiger partial charge on any atom is -0.389 e. The summed E-state index contributed by atoms with van der Waals surface area (Å²) in [6, 6.07) is 4.09. The van der Waals surface area contributed by atoms with Gasteiger partial charge in [0, 0.05) is 5.92 Å². The Labute approximate surface area is 165 Å². The number of aromatic nitrogens is 2. The molecule has 6 nitrogen and oxygen atoms in total. The van der Waals surface area contributed by atoms with E-state index in [-0.39, 0.29) is 29.7 Å². The first-order valence-electron chi connectivity index (χ1n) is 10.0. The van der Waals surface area contributed by atoms with Crippen LogP contribution in [0.15, 0.2) is 18.5 Å². The van der Waals surface area contributed by atoms with Crippen LogP contribution in [0.1, 0.15) is 44.7 Å². The predicted molar refractivity (Wildman–Crippen MR) is 107 cm³/mol. The smallest absolute Gasteiger partial charge is 0.235 e. The Morgan fingerprint density at radius 2 is 1.86 bits per heavy atom. The molecule has 1 aliphatic heterocycles. The number of imide groups is 1. The standard InChI is InChI=1S/C22H29N3O3/c1-13-8-17-18(9-14(13)2)24(12-23-17)10-15(26)11-25-19(27)16-6-7-22(5,20(25)28)21(16,3)4/h8-9,12,15-16,26H,6-7,10-11H2,1-5H3/t15-,16+,22-/m0/s1. The van der Waals surface area contributed by atoms with Crippen LogP contribution >= 0.6 is 0 Å². The largest absolute Gasteiger partial charge is 0.389 e. The van der Waals surface area contributed by atoms with Crippen LogP contribution in [0.5, 0.6) is 0 Å². The lowest BCUT2D eigenvalue weighted by atomic mass is 9.62. The van der Waals surface area contributed by atoms with Crippen LogP contribution in [0.4, 0.5) is 0 Å². The molecule has 0 spiro atoms. The number of carbonyl (C=O) groups excluding carboxylic acids is 2. The Morgan fingerprint density at radius 1 is 1.18 bits per heavy atom. The lowest BCUT2D eigenvalue weighted by Gasteiger charge is -2.48. The van der Waals surface area contributed by atoms with E-state index < -0.39 is 11.5 Å². The number of aryl methyl sites for hydroxylation is 2. The summed E-state index contributed by atoms with van der Waals surface area (Å²) < 4.78 is 1.89. The Bertz CT molecular complexity index is 977. The van der Waals surface area contributed by atoms with E-state index in [1.54, 1.807) is 6.33 Å². The first kappa shape index (κ1) is 19.1. The number of benzene rings is 1. The second-order valence-electron chi connectivity index (χ2n) is 9.37. The summed E-state index contributed by atoms with van der Waals surface area (Å²) in [5.41, 5.74) is 3.30. The summed E-state index contributed by atoms with van der Waals surface area (Å²) in [4.78, 5) is 31.8. The maximum atomic E-state index is 13.1. The number of fused-ring (bicyclic) bond motifs is 3. The van der Waals surface area contributed by atoms with Crippen LogP contribution < -0.4 is 0 Å². The van der Waals surface area contributed by atoms with Gasteiger partial charge in [0.05, 0.1) is 42.0 Å². The Hall–Kier alpha value is -2.21. The molecule has 2 bridgehead atoms. The fourth-order valence-corrected chi connectivity index (χ4v) is 5.03. The van der Waals surface area contributed by atoms with Gasteiger partial charge in [0.1, 0.15) is 0 Å².